The zero-order valence-corrected chi connectivity index (χ0v) is 15.3. The molecule has 7 heteroatoms. The van der Waals surface area contributed by atoms with Crippen LogP contribution in [0.1, 0.15) is 0 Å². The van der Waals surface area contributed by atoms with Crippen molar-refractivity contribution >= 4 is 55.0 Å². The van der Waals surface area contributed by atoms with Crippen LogP contribution < -0.4 is 9.54 Å². The lowest BCUT2D eigenvalue weighted by atomic mass is 10.3. The third kappa shape index (κ3) is 3.83. The number of aromatic nitrogens is 1. The summed E-state index contributed by atoms with van der Waals surface area (Å²) in [7, 11) is 1.89. The summed E-state index contributed by atoms with van der Waals surface area (Å²) in [6.45, 7) is -0.112. The van der Waals surface area contributed by atoms with Crippen LogP contribution in [0.25, 0.3) is 10.2 Å². The second kappa shape index (κ2) is 6.86. The summed E-state index contributed by atoms with van der Waals surface area (Å²) in [5.74, 6) is 0.253. The highest BCUT2D eigenvalue weighted by Crippen LogP contribution is 2.21. The highest BCUT2D eigenvalue weighted by Gasteiger charge is 2.06. The van der Waals surface area contributed by atoms with E-state index in [1.54, 1.807) is 24.3 Å². The number of hydrogen-bond donors (Lipinski definition) is 0. The number of halogens is 2. The van der Waals surface area contributed by atoms with E-state index in [-0.39, 0.29) is 12.5 Å². The van der Waals surface area contributed by atoms with Crippen LogP contribution in [0.2, 0.25) is 5.02 Å². The first-order valence-corrected chi connectivity index (χ1v) is 8.73. The number of hydrogen-bond acceptors (Lipinski definition) is 3. The molecule has 0 radical (unpaired) electrons. The number of carbonyl (C=O) groups excluding carboxylic acids is 1. The molecule has 0 fully saturated rings. The van der Waals surface area contributed by atoms with Crippen molar-refractivity contribution < 1.29 is 9.53 Å². The number of ether oxygens (including phenoxy) is 1. The fraction of sp³-hybridized carbons (Fsp3) is 0.125. The monoisotopic (exact) mass is 410 g/mol. The first-order valence-electron chi connectivity index (χ1n) is 6.74. The van der Waals surface area contributed by atoms with E-state index in [1.165, 1.54) is 11.3 Å². The van der Waals surface area contributed by atoms with Gasteiger partial charge in [-0.15, -0.1) is 0 Å². The van der Waals surface area contributed by atoms with Gasteiger partial charge < -0.3 is 9.30 Å². The summed E-state index contributed by atoms with van der Waals surface area (Å²) in [6, 6.07) is 12.8. The van der Waals surface area contributed by atoms with Gasteiger partial charge in [-0.05, 0) is 42.5 Å². The molecule has 1 amide bonds. The lowest BCUT2D eigenvalue weighted by Gasteiger charge is -2.02. The molecule has 0 bridgehead atoms. The highest BCUT2D eigenvalue weighted by molar-refractivity contribution is 9.10. The van der Waals surface area contributed by atoms with Crippen LogP contribution in [-0.4, -0.2) is 17.1 Å². The second-order valence-electron chi connectivity index (χ2n) is 4.80. The maximum Gasteiger partial charge on any atom is 0.286 e. The number of aryl methyl sites for hydroxylation is 1. The molecule has 4 nitrogen and oxygen atoms in total. The smallest absolute Gasteiger partial charge is 0.286 e. The number of carbonyl (C=O) groups is 1. The zero-order chi connectivity index (χ0) is 16.4. The summed E-state index contributed by atoms with van der Waals surface area (Å²) in [6.07, 6.45) is 0. The molecule has 2 aromatic carbocycles. The van der Waals surface area contributed by atoms with Gasteiger partial charge in [-0.1, -0.05) is 38.9 Å². The van der Waals surface area contributed by atoms with E-state index in [9.17, 15) is 4.79 Å². The van der Waals surface area contributed by atoms with Gasteiger partial charge in [0, 0.05) is 16.5 Å². The van der Waals surface area contributed by atoms with Gasteiger partial charge >= 0.3 is 0 Å². The quantitative estimate of drug-likeness (QED) is 0.649. The molecule has 0 N–H and O–H groups in total. The van der Waals surface area contributed by atoms with E-state index in [1.807, 2.05) is 29.8 Å². The number of amides is 1. The molecule has 0 aliphatic heterocycles. The van der Waals surface area contributed by atoms with Crippen LogP contribution >= 0.6 is 38.9 Å². The van der Waals surface area contributed by atoms with Gasteiger partial charge in [-0.3, -0.25) is 4.79 Å². The normalized spacial score (nSPS) is 11.9. The number of benzene rings is 2. The Morgan fingerprint density at radius 2 is 2.04 bits per heavy atom. The summed E-state index contributed by atoms with van der Waals surface area (Å²) in [4.78, 5) is 16.8. The molecule has 1 aromatic heterocycles. The molecule has 3 aromatic rings. The van der Waals surface area contributed by atoms with E-state index in [0.29, 0.717) is 15.6 Å². The molecular weight excluding hydrogens is 400 g/mol. The van der Waals surface area contributed by atoms with Crippen LogP contribution in [0, 0.1) is 0 Å². The highest BCUT2D eigenvalue weighted by atomic mass is 79.9. The average molecular weight is 412 g/mol. The third-order valence-corrected chi connectivity index (χ3v) is 5.01. The fourth-order valence-electron chi connectivity index (χ4n) is 2.03. The van der Waals surface area contributed by atoms with Gasteiger partial charge in [-0.25, -0.2) is 0 Å². The Labute approximate surface area is 150 Å². The molecule has 0 aliphatic carbocycles. The number of fused-ring (bicyclic) bond motifs is 1. The fourth-order valence-corrected chi connectivity index (χ4v) is 3.74. The Hall–Kier alpha value is -1.63. The van der Waals surface area contributed by atoms with E-state index < -0.39 is 0 Å². The first-order chi connectivity index (χ1) is 11.0. The molecule has 3 rings (SSSR count). The summed E-state index contributed by atoms with van der Waals surface area (Å²) < 4.78 is 9.37. The maximum atomic E-state index is 12.0. The lowest BCUT2D eigenvalue weighted by molar-refractivity contribution is -0.120. The molecule has 1 heterocycles. The van der Waals surface area contributed by atoms with Crippen molar-refractivity contribution in [3.05, 3.63) is 56.8 Å². The predicted molar refractivity (Wildman–Crippen MR) is 96.0 cm³/mol. The predicted octanol–water partition coefficient (Wildman–Crippen LogP) is 4.16. The SMILES string of the molecule is Cn1c(=NC(=O)COc2ccc(Cl)cc2)sc2cc(Br)ccc21. The number of rotatable bonds is 3. The minimum atomic E-state index is -0.332. The standard InChI is InChI=1S/C16H12BrClN2O2S/c1-20-13-7-2-10(17)8-14(13)23-16(20)19-15(21)9-22-12-5-3-11(18)4-6-12/h2-8H,9H2,1H3. The number of thiazole rings is 1. The van der Waals surface area contributed by atoms with Crippen LogP contribution in [0.3, 0.4) is 0 Å². The van der Waals surface area contributed by atoms with Gasteiger partial charge in [0.05, 0.1) is 10.2 Å². The van der Waals surface area contributed by atoms with Crippen molar-refractivity contribution in [3.63, 3.8) is 0 Å². The molecule has 0 spiro atoms. The van der Waals surface area contributed by atoms with Gasteiger partial charge in [0.1, 0.15) is 5.75 Å². The second-order valence-corrected chi connectivity index (χ2v) is 7.17. The molecule has 23 heavy (non-hydrogen) atoms. The molecular formula is C16H12BrClN2O2S. The van der Waals surface area contributed by atoms with E-state index in [4.69, 9.17) is 16.3 Å². The first kappa shape index (κ1) is 16.2. The van der Waals surface area contributed by atoms with Gasteiger partial charge in [0.15, 0.2) is 11.4 Å². The van der Waals surface area contributed by atoms with E-state index >= 15 is 0 Å². The average Bonchev–Trinajstić information content (AvgIpc) is 2.82. The van der Waals surface area contributed by atoms with Crippen LogP contribution in [0.4, 0.5) is 0 Å². The van der Waals surface area contributed by atoms with Crippen LogP contribution in [0.15, 0.2) is 51.9 Å². The third-order valence-electron chi connectivity index (χ3n) is 3.17. The van der Waals surface area contributed by atoms with Crippen LogP contribution in [-0.2, 0) is 11.8 Å². The van der Waals surface area contributed by atoms with Crippen molar-refractivity contribution in [1.29, 1.82) is 0 Å². The lowest BCUT2D eigenvalue weighted by Crippen LogP contribution is -2.17. The van der Waals surface area contributed by atoms with E-state index in [0.717, 1.165) is 14.7 Å². The Balaban J connectivity index is 1.79. The minimum Gasteiger partial charge on any atom is -0.484 e. The summed E-state index contributed by atoms with van der Waals surface area (Å²) >= 11 is 10.7. The molecule has 0 saturated heterocycles. The largest absolute Gasteiger partial charge is 0.484 e. The number of nitrogens with zero attached hydrogens (tertiary/aromatic N) is 2. The Morgan fingerprint density at radius 1 is 1.30 bits per heavy atom. The zero-order valence-electron chi connectivity index (χ0n) is 12.1. The topological polar surface area (TPSA) is 43.6 Å². The van der Waals surface area contributed by atoms with Crippen molar-refractivity contribution in [1.82, 2.24) is 4.57 Å². The molecule has 118 valence electrons. The Morgan fingerprint density at radius 3 is 2.78 bits per heavy atom. The van der Waals surface area contributed by atoms with Gasteiger partial charge in [0.2, 0.25) is 0 Å². The Bertz CT molecular complexity index is 931. The summed E-state index contributed by atoms with van der Waals surface area (Å²) in [5, 5.41) is 0.622. The van der Waals surface area contributed by atoms with Crippen molar-refractivity contribution in [2.75, 3.05) is 6.61 Å². The van der Waals surface area contributed by atoms with Gasteiger partial charge in [0.25, 0.3) is 5.91 Å². The maximum absolute atomic E-state index is 12.0. The molecule has 0 unspecified atom stereocenters. The van der Waals surface area contributed by atoms with E-state index in [2.05, 4.69) is 20.9 Å². The molecule has 0 aliphatic rings. The van der Waals surface area contributed by atoms with Crippen molar-refractivity contribution in [2.45, 2.75) is 0 Å². The van der Waals surface area contributed by atoms with Crippen molar-refractivity contribution in [3.8, 4) is 5.75 Å². The molecule has 0 saturated carbocycles. The van der Waals surface area contributed by atoms with Gasteiger partial charge in [-0.2, -0.15) is 4.99 Å². The van der Waals surface area contributed by atoms with Crippen LogP contribution in [0.5, 0.6) is 5.75 Å². The Kier molecular flexibility index (Phi) is 4.84. The molecule has 0 atom stereocenters. The van der Waals surface area contributed by atoms with Crippen molar-refractivity contribution in [2.24, 2.45) is 12.0 Å². The summed E-state index contributed by atoms with van der Waals surface area (Å²) in [5.41, 5.74) is 1.03. The minimum absolute atomic E-state index is 0.112.